The van der Waals surface area contributed by atoms with Crippen LogP contribution in [-0.2, 0) is 10.0 Å². The van der Waals surface area contributed by atoms with E-state index in [9.17, 15) is 8.42 Å². The lowest BCUT2D eigenvalue weighted by Crippen LogP contribution is -2.34. The van der Waals surface area contributed by atoms with E-state index in [4.69, 9.17) is 17.3 Å². The van der Waals surface area contributed by atoms with Crippen LogP contribution in [0.2, 0.25) is 5.02 Å². The average molecular weight is 340 g/mol. The van der Waals surface area contributed by atoms with E-state index in [2.05, 4.69) is 4.98 Å². The molecule has 0 bridgehead atoms. The molecule has 3 rings (SSSR count). The van der Waals surface area contributed by atoms with Crippen LogP contribution in [0.25, 0.3) is 10.9 Å². The van der Waals surface area contributed by atoms with E-state index in [-0.39, 0.29) is 16.9 Å². The first-order valence-corrected chi connectivity index (χ1v) is 9.01. The quantitative estimate of drug-likeness (QED) is 0.930. The molecule has 5 nitrogen and oxygen atoms in total. The molecular weight excluding hydrogens is 322 g/mol. The fourth-order valence-corrected chi connectivity index (χ4v) is 5.26. The van der Waals surface area contributed by atoms with Gasteiger partial charge in [0.2, 0.25) is 10.0 Å². The molecule has 2 N–H and O–H groups in total. The number of hydrogen-bond acceptors (Lipinski definition) is 4. The zero-order valence-electron chi connectivity index (χ0n) is 12.2. The van der Waals surface area contributed by atoms with Gasteiger partial charge in [-0.2, -0.15) is 4.31 Å². The highest BCUT2D eigenvalue weighted by Crippen LogP contribution is 2.33. The van der Waals surface area contributed by atoms with Gasteiger partial charge in [-0.3, -0.25) is 4.98 Å². The van der Waals surface area contributed by atoms with Gasteiger partial charge in [0.1, 0.15) is 4.90 Å². The summed E-state index contributed by atoms with van der Waals surface area (Å²) in [5.41, 5.74) is 6.15. The summed E-state index contributed by atoms with van der Waals surface area (Å²) in [5.74, 6) is 0.197. The molecular formula is C15H18ClN3O2S. The van der Waals surface area contributed by atoms with Crippen molar-refractivity contribution in [2.75, 3.05) is 13.1 Å². The van der Waals surface area contributed by atoms with Crippen LogP contribution in [-0.4, -0.2) is 36.8 Å². The van der Waals surface area contributed by atoms with Crippen LogP contribution >= 0.6 is 11.6 Å². The summed E-state index contributed by atoms with van der Waals surface area (Å²) in [6, 6.07) is 6.70. The topological polar surface area (TPSA) is 76.3 Å². The molecule has 0 saturated carbocycles. The maximum atomic E-state index is 13.1. The van der Waals surface area contributed by atoms with Crippen LogP contribution in [0.1, 0.15) is 13.3 Å². The maximum absolute atomic E-state index is 13.1. The van der Waals surface area contributed by atoms with Gasteiger partial charge in [-0.15, -0.1) is 0 Å². The zero-order valence-corrected chi connectivity index (χ0v) is 13.8. The molecule has 1 saturated heterocycles. The molecule has 1 fully saturated rings. The number of benzene rings is 1. The van der Waals surface area contributed by atoms with E-state index in [1.165, 1.54) is 10.4 Å². The van der Waals surface area contributed by atoms with E-state index in [1.807, 2.05) is 13.0 Å². The molecule has 0 amide bonds. The van der Waals surface area contributed by atoms with Crippen molar-refractivity contribution in [2.24, 2.45) is 11.7 Å². The van der Waals surface area contributed by atoms with E-state index < -0.39 is 10.0 Å². The molecule has 2 aromatic rings. The third kappa shape index (κ3) is 2.60. The van der Waals surface area contributed by atoms with E-state index >= 15 is 0 Å². The fraction of sp³-hybridized carbons (Fsp3) is 0.400. The van der Waals surface area contributed by atoms with Gasteiger partial charge >= 0.3 is 0 Å². The molecule has 2 unspecified atom stereocenters. The molecule has 1 aromatic carbocycles. The van der Waals surface area contributed by atoms with E-state index in [0.29, 0.717) is 23.6 Å². The molecule has 1 aliphatic heterocycles. The first-order valence-electron chi connectivity index (χ1n) is 7.19. The highest BCUT2D eigenvalue weighted by atomic mass is 35.5. The Bertz CT molecular complexity index is 810. The molecule has 2 atom stereocenters. The van der Waals surface area contributed by atoms with Gasteiger partial charge in [-0.25, -0.2) is 8.42 Å². The molecule has 1 aliphatic rings. The average Bonchev–Trinajstić information content (AvgIpc) is 2.88. The summed E-state index contributed by atoms with van der Waals surface area (Å²) in [6.45, 7) is 2.85. The molecule has 1 aromatic heterocycles. The lowest BCUT2D eigenvalue weighted by atomic mass is 10.1. The van der Waals surface area contributed by atoms with Crippen molar-refractivity contribution in [3.05, 3.63) is 35.5 Å². The minimum atomic E-state index is -3.65. The SMILES string of the molecule is CC1CC(CN)CN1S(=O)(=O)c1cc(Cl)cc2cccnc12. The van der Waals surface area contributed by atoms with Crippen molar-refractivity contribution < 1.29 is 8.42 Å². The molecule has 0 radical (unpaired) electrons. The Morgan fingerprint density at radius 2 is 2.23 bits per heavy atom. The lowest BCUT2D eigenvalue weighted by Gasteiger charge is -2.21. The summed E-state index contributed by atoms with van der Waals surface area (Å²) < 4.78 is 27.6. The number of nitrogens with two attached hydrogens (primary N) is 1. The Morgan fingerprint density at radius 3 is 2.91 bits per heavy atom. The standard InChI is InChI=1S/C15H18ClN3O2S/c1-10-5-11(8-17)9-19(10)22(20,21)14-7-13(16)6-12-3-2-4-18-15(12)14/h2-4,6-7,10-11H,5,8-9,17H2,1H3. The number of rotatable bonds is 3. The number of halogens is 1. The van der Waals surface area contributed by atoms with E-state index in [0.717, 1.165) is 11.8 Å². The van der Waals surface area contributed by atoms with Crippen LogP contribution in [0.5, 0.6) is 0 Å². The summed E-state index contributed by atoms with van der Waals surface area (Å²) in [7, 11) is -3.65. The third-order valence-corrected chi connectivity index (χ3v) is 6.37. The Labute approximate surface area is 135 Å². The molecule has 0 aliphatic carbocycles. The Morgan fingerprint density at radius 1 is 1.45 bits per heavy atom. The van der Waals surface area contributed by atoms with Crippen LogP contribution in [0.15, 0.2) is 35.4 Å². The number of fused-ring (bicyclic) bond motifs is 1. The second kappa shape index (κ2) is 5.77. The van der Waals surface area contributed by atoms with Gasteiger partial charge in [0, 0.05) is 29.2 Å². The fourth-order valence-electron chi connectivity index (χ4n) is 3.06. The van der Waals surface area contributed by atoms with Crippen molar-refractivity contribution >= 4 is 32.5 Å². The summed E-state index contributed by atoms with van der Waals surface area (Å²) in [4.78, 5) is 4.40. The van der Waals surface area contributed by atoms with Gasteiger partial charge in [0.25, 0.3) is 0 Å². The van der Waals surface area contributed by atoms with Crippen molar-refractivity contribution in [2.45, 2.75) is 24.3 Å². The first-order chi connectivity index (χ1) is 10.4. The predicted molar refractivity (Wildman–Crippen MR) is 87.3 cm³/mol. The molecule has 0 spiro atoms. The highest BCUT2D eigenvalue weighted by molar-refractivity contribution is 7.89. The minimum Gasteiger partial charge on any atom is -0.330 e. The second-order valence-electron chi connectivity index (χ2n) is 5.74. The second-order valence-corrected chi connectivity index (χ2v) is 8.04. The summed E-state index contributed by atoms with van der Waals surface area (Å²) in [6.07, 6.45) is 2.37. The smallest absolute Gasteiger partial charge is 0.245 e. The Kier molecular flexibility index (Phi) is 4.11. The van der Waals surface area contributed by atoms with Gasteiger partial charge < -0.3 is 5.73 Å². The molecule has 7 heteroatoms. The largest absolute Gasteiger partial charge is 0.330 e. The van der Waals surface area contributed by atoms with Gasteiger partial charge in [0.05, 0.1) is 5.52 Å². The zero-order chi connectivity index (χ0) is 15.9. The highest BCUT2D eigenvalue weighted by Gasteiger charge is 2.38. The summed E-state index contributed by atoms with van der Waals surface area (Å²) in [5, 5.41) is 1.11. The van der Waals surface area contributed by atoms with Crippen molar-refractivity contribution in [1.82, 2.24) is 9.29 Å². The van der Waals surface area contributed by atoms with Gasteiger partial charge in [-0.1, -0.05) is 17.7 Å². The molecule has 22 heavy (non-hydrogen) atoms. The maximum Gasteiger partial charge on any atom is 0.245 e. The van der Waals surface area contributed by atoms with Gasteiger partial charge in [-0.05, 0) is 44.0 Å². The normalized spacial score (nSPS) is 23.2. The molecule has 2 heterocycles. The van der Waals surface area contributed by atoms with Crippen LogP contribution in [0.3, 0.4) is 0 Å². The Balaban J connectivity index is 2.14. The van der Waals surface area contributed by atoms with E-state index in [1.54, 1.807) is 18.3 Å². The van der Waals surface area contributed by atoms with Crippen LogP contribution in [0.4, 0.5) is 0 Å². The third-order valence-electron chi connectivity index (χ3n) is 4.16. The van der Waals surface area contributed by atoms with Crippen molar-refractivity contribution in [3.63, 3.8) is 0 Å². The van der Waals surface area contributed by atoms with Crippen molar-refractivity contribution in [3.8, 4) is 0 Å². The number of nitrogens with zero attached hydrogens (tertiary/aromatic N) is 2. The molecule has 118 valence electrons. The van der Waals surface area contributed by atoms with Crippen molar-refractivity contribution in [1.29, 1.82) is 0 Å². The minimum absolute atomic E-state index is 0.0729. The number of pyridine rings is 1. The first kappa shape index (κ1) is 15.7. The lowest BCUT2D eigenvalue weighted by molar-refractivity contribution is 0.405. The Hall–Kier alpha value is -1.21. The summed E-state index contributed by atoms with van der Waals surface area (Å²) >= 11 is 6.10. The predicted octanol–water partition coefficient (Wildman–Crippen LogP) is 2.25. The monoisotopic (exact) mass is 339 g/mol. The number of hydrogen-bond donors (Lipinski definition) is 1. The van der Waals surface area contributed by atoms with Crippen LogP contribution < -0.4 is 5.73 Å². The number of sulfonamides is 1. The number of aromatic nitrogens is 1. The van der Waals surface area contributed by atoms with Gasteiger partial charge in [0.15, 0.2) is 0 Å². The van der Waals surface area contributed by atoms with Crippen LogP contribution in [0, 0.1) is 5.92 Å².